The molecule has 0 spiro atoms. The molecule has 1 fully saturated rings. The molecule has 1 aliphatic rings. The summed E-state index contributed by atoms with van der Waals surface area (Å²) in [5.41, 5.74) is 5.58. The van der Waals surface area contributed by atoms with Gasteiger partial charge in [0.25, 0.3) is 11.8 Å². The second kappa shape index (κ2) is 6.39. The van der Waals surface area contributed by atoms with Gasteiger partial charge in [-0.3, -0.25) is 14.4 Å². The minimum atomic E-state index is -1.01. The number of β-lactam (4-membered cyclic amide) rings is 1. The molecule has 1 aromatic rings. The Kier molecular flexibility index (Phi) is 4.56. The summed E-state index contributed by atoms with van der Waals surface area (Å²) in [6, 6.07) is -1.01. The van der Waals surface area contributed by atoms with E-state index in [0.717, 1.165) is 11.3 Å². The molecule has 2 rings (SSSR count). The summed E-state index contributed by atoms with van der Waals surface area (Å²) in [4.78, 5) is 43.1. The van der Waals surface area contributed by atoms with Crippen LogP contribution in [0, 0.1) is 0 Å². The van der Waals surface area contributed by atoms with Gasteiger partial charge in [-0.25, -0.2) is 4.98 Å². The number of carbonyl (C=O) groups is 3. The van der Waals surface area contributed by atoms with Crippen LogP contribution in [-0.2, 0) is 24.0 Å². The summed E-state index contributed by atoms with van der Waals surface area (Å²) in [6.45, 7) is 1.19. The number of nitrogens with one attached hydrogen (secondary N) is 2. The first kappa shape index (κ1) is 15.7. The number of nitrogen functional groups attached to an aromatic ring is 1. The molecule has 2 amide bonds. The highest BCUT2D eigenvalue weighted by molar-refractivity contribution is 7.13. The minimum absolute atomic E-state index is 0.142. The SMILES string of the molecule is CON=C(C(=O)N[C@@H]1C(=O)N[C@H]1OC(C)=O)c1csc(N)n1. The van der Waals surface area contributed by atoms with Gasteiger partial charge in [0.05, 0.1) is 0 Å². The predicted octanol–water partition coefficient (Wildman–Crippen LogP) is -1.42. The first-order chi connectivity index (χ1) is 10.4. The van der Waals surface area contributed by atoms with Gasteiger partial charge in [0, 0.05) is 12.3 Å². The number of esters is 1. The van der Waals surface area contributed by atoms with Gasteiger partial charge < -0.3 is 25.9 Å². The molecule has 0 bridgehead atoms. The zero-order valence-electron chi connectivity index (χ0n) is 11.7. The number of amides is 2. The highest BCUT2D eigenvalue weighted by Crippen LogP contribution is 2.13. The van der Waals surface area contributed by atoms with E-state index in [9.17, 15) is 14.4 Å². The Labute approximate surface area is 128 Å². The Bertz CT molecular complexity index is 643. The number of anilines is 1. The van der Waals surface area contributed by atoms with E-state index in [1.54, 1.807) is 0 Å². The van der Waals surface area contributed by atoms with Crippen LogP contribution in [-0.4, -0.2) is 47.9 Å². The molecule has 1 aromatic heterocycles. The fourth-order valence-corrected chi connectivity index (χ4v) is 2.22. The lowest BCUT2D eigenvalue weighted by molar-refractivity contribution is -0.163. The van der Waals surface area contributed by atoms with Crippen LogP contribution in [0.1, 0.15) is 12.6 Å². The summed E-state index contributed by atoms with van der Waals surface area (Å²) in [6.07, 6.45) is -0.918. The van der Waals surface area contributed by atoms with Crippen molar-refractivity contribution >= 4 is 40.0 Å². The number of ether oxygens (including phenoxy) is 1. The maximum Gasteiger partial charge on any atom is 0.304 e. The lowest BCUT2D eigenvalue weighted by Crippen LogP contribution is -2.70. The van der Waals surface area contributed by atoms with Crippen LogP contribution in [0.2, 0.25) is 0 Å². The summed E-state index contributed by atoms with van der Waals surface area (Å²) in [5.74, 6) is -1.76. The summed E-state index contributed by atoms with van der Waals surface area (Å²) >= 11 is 1.13. The molecular formula is C11H13N5O5S. The largest absolute Gasteiger partial charge is 0.439 e. The number of hydrogen-bond acceptors (Lipinski definition) is 9. The smallest absolute Gasteiger partial charge is 0.304 e. The summed E-state index contributed by atoms with van der Waals surface area (Å²) in [5, 5.41) is 10.1. The van der Waals surface area contributed by atoms with Crippen molar-refractivity contribution in [2.24, 2.45) is 5.16 Å². The van der Waals surface area contributed by atoms with Crippen molar-refractivity contribution in [3.63, 3.8) is 0 Å². The van der Waals surface area contributed by atoms with E-state index in [2.05, 4.69) is 25.6 Å². The van der Waals surface area contributed by atoms with Gasteiger partial charge in [-0.1, -0.05) is 5.16 Å². The van der Waals surface area contributed by atoms with Crippen LogP contribution in [0.5, 0.6) is 0 Å². The van der Waals surface area contributed by atoms with E-state index in [4.69, 9.17) is 10.5 Å². The molecule has 118 valence electrons. The average molecular weight is 327 g/mol. The van der Waals surface area contributed by atoms with Gasteiger partial charge in [-0.15, -0.1) is 11.3 Å². The number of carbonyl (C=O) groups excluding carboxylic acids is 3. The van der Waals surface area contributed by atoms with Crippen molar-refractivity contribution in [1.29, 1.82) is 0 Å². The monoisotopic (exact) mass is 327 g/mol. The van der Waals surface area contributed by atoms with E-state index in [0.29, 0.717) is 0 Å². The molecule has 0 aromatic carbocycles. The normalized spacial score (nSPS) is 20.6. The van der Waals surface area contributed by atoms with Crippen molar-refractivity contribution in [1.82, 2.24) is 15.6 Å². The van der Waals surface area contributed by atoms with Crippen molar-refractivity contribution in [3.05, 3.63) is 11.1 Å². The van der Waals surface area contributed by atoms with E-state index in [1.807, 2.05) is 0 Å². The third-order valence-corrected chi connectivity index (χ3v) is 3.29. The van der Waals surface area contributed by atoms with Crippen molar-refractivity contribution in [2.45, 2.75) is 19.2 Å². The van der Waals surface area contributed by atoms with Crippen LogP contribution in [0.3, 0.4) is 0 Å². The number of rotatable bonds is 5. The minimum Gasteiger partial charge on any atom is -0.439 e. The molecule has 1 saturated heterocycles. The topological polar surface area (TPSA) is 145 Å². The molecule has 10 nitrogen and oxygen atoms in total. The number of oxime groups is 1. The first-order valence-electron chi connectivity index (χ1n) is 6.03. The average Bonchev–Trinajstić information content (AvgIpc) is 2.87. The molecule has 0 saturated carbocycles. The number of aromatic nitrogens is 1. The molecule has 2 heterocycles. The second-order valence-electron chi connectivity index (χ2n) is 4.18. The molecule has 1 aliphatic heterocycles. The van der Waals surface area contributed by atoms with Crippen molar-refractivity contribution in [3.8, 4) is 0 Å². The van der Waals surface area contributed by atoms with E-state index in [1.165, 1.54) is 19.4 Å². The number of nitrogens with zero attached hydrogens (tertiary/aromatic N) is 2. The first-order valence-corrected chi connectivity index (χ1v) is 6.91. The van der Waals surface area contributed by atoms with Gasteiger partial charge in [-0.2, -0.15) is 0 Å². The Hall–Kier alpha value is -2.69. The maximum absolute atomic E-state index is 12.2. The Balaban J connectivity index is 2.10. The van der Waals surface area contributed by atoms with Crippen LogP contribution < -0.4 is 16.4 Å². The molecule has 2 atom stereocenters. The zero-order valence-corrected chi connectivity index (χ0v) is 12.5. The molecule has 0 aliphatic carbocycles. The van der Waals surface area contributed by atoms with E-state index >= 15 is 0 Å². The van der Waals surface area contributed by atoms with Gasteiger partial charge in [0.15, 0.2) is 16.9 Å². The van der Waals surface area contributed by atoms with Gasteiger partial charge >= 0.3 is 5.97 Å². The van der Waals surface area contributed by atoms with Crippen LogP contribution in [0.25, 0.3) is 0 Å². The van der Waals surface area contributed by atoms with E-state index < -0.39 is 30.1 Å². The third kappa shape index (κ3) is 3.31. The Morgan fingerprint density at radius 3 is 2.77 bits per heavy atom. The molecule has 0 radical (unpaired) electrons. The Morgan fingerprint density at radius 2 is 2.27 bits per heavy atom. The number of hydrogen-bond donors (Lipinski definition) is 3. The van der Waals surface area contributed by atoms with Gasteiger partial charge in [0.1, 0.15) is 12.8 Å². The zero-order chi connectivity index (χ0) is 16.3. The molecule has 22 heavy (non-hydrogen) atoms. The fraction of sp³-hybridized carbons (Fsp3) is 0.364. The lowest BCUT2D eigenvalue weighted by atomic mass is 10.1. The quantitative estimate of drug-likeness (QED) is 0.260. The molecular weight excluding hydrogens is 314 g/mol. The summed E-state index contributed by atoms with van der Waals surface area (Å²) < 4.78 is 4.83. The van der Waals surface area contributed by atoms with Gasteiger partial charge in [0.2, 0.25) is 6.23 Å². The summed E-state index contributed by atoms with van der Waals surface area (Å²) in [7, 11) is 1.26. The van der Waals surface area contributed by atoms with Crippen molar-refractivity contribution in [2.75, 3.05) is 12.8 Å². The second-order valence-corrected chi connectivity index (χ2v) is 5.07. The standard InChI is InChI=1S/C11H13N5O5S/c1-4(17)21-10-7(9(19)15-10)14-8(18)6(16-20-2)5-3-22-11(12)13-5/h3,7,10H,1-2H3,(H2,12,13)(H,14,18)(H,15,19)/t7-,10+/m1/s1. The van der Waals surface area contributed by atoms with Crippen LogP contribution >= 0.6 is 11.3 Å². The number of nitrogens with two attached hydrogens (primary N) is 1. The van der Waals surface area contributed by atoms with Crippen LogP contribution in [0.4, 0.5) is 5.13 Å². The fourth-order valence-electron chi connectivity index (χ4n) is 1.67. The maximum atomic E-state index is 12.2. The molecule has 11 heteroatoms. The predicted molar refractivity (Wildman–Crippen MR) is 75.7 cm³/mol. The highest BCUT2D eigenvalue weighted by Gasteiger charge is 2.43. The molecule has 0 unspecified atom stereocenters. The highest BCUT2D eigenvalue weighted by atomic mass is 32.1. The van der Waals surface area contributed by atoms with E-state index in [-0.39, 0.29) is 16.5 Å². The number of thiazole rings is 1. The Morgan fingerprint density at radius 1 is 1.55 bits per heavy atom. The van der Waals surface area contributed by atoms with Crippen molar-refractivity contribution < 1.29 is 24.0 Å². The van der Waals surface area contributed by atoms with Gasteiger partial charge in [-0.05, 0) is 0 Å². The third-order valence-electron chi connectivity index (χ3n) is 2.61. The van der Waals surface area contributed by atoms with Crippen LogP contribution in [0.15, 0.2) is 10.5 Å². The lowest BCUT2D eigenvalue weighted by Gasteiger charge is -2.35. The molecule has 4 N–H and O–H groups in total.